The van der Waals surface area contributed by atoms with E-state index in [2.05, 4.69) is 103 Å². The lowest BCUT2D eigenvalue weighted by Crippen LogP contribution is -2.34. The summed E-state index contributed by atoms with van der Waals surface area (Å²) in [5, 5.41) is 28.8. The predicted octanol–water partition coefficient (Wildman–Crippen LogP) is 14.8. The zero-order chi connectivity index (χ0) is 48.2. The van der Waals surface area contributed by atoms with Gasteiger partial charge in [-0.15, -0.1) is 0 Å². The zero-order valence-electron chi connectivity index (χ0n) is 42.6. The van der Waals surface area contributed by atoms with Gasteiger partial charge < -0.3 is 31.2 Å². The van der Waals surface area contributed by atoms with Gasteiger partial charge in [-0.1, -0.05) is 126 Å². The van der Waals surface area contributed by atoms with Gasteiger partial charge in [-0.25, -0.2) is 13.8 Å². The number of amides is 1. The van der Waals surface area contributed by atoms with E-state index in [1.807, 2.05) is 20.8 Å². The van der Waals surface area contributed by atoms with Crippen molar-refractivity contribution in [2.75, 3.05) is 19.8 Å². The van der Waals surface area contributed by atoms with Gasteiger partial charge in [-0.05, 0) is 109 Å². The molecule has 2 fully saturated rings. The van der Waals surface area contributed by atoms with Crippen molar-refractivity contribution in [3.05, 3.63) is 41.1 Å². The Hall–Kier alpha value is -3.21. The van der Waals surface area contributed by atoms with Crippen molar-refractivity contribution < 1.29 is 18.3 Å². The molecule has 2 aliphatic rings. The maximum absolute atomic E-state index is 12.9. The lowest BCUT2D eigenvalue weighted by Gasteiger charge is -2.34. The van der Waals surface area contributed by atoms with Crippen LogP contribution in [0, 0.1) is 52.7 Å². The summed E-state index contributed by atoms with van der Waals surface area (Å²) < 4.78 is 31.1. The molecular weight excluding hydrogens is 781 g/mol. The predicted molar refractivity (Wildman–Crippen MR) is 265 cm³/mol. The number of halogens is 2. The smallest absolute Gasteiger partial charge is 0.241 e. The Kier molecular flexibility index (Phi) is 40.1. The molecule has 1 aromatic heterocycles. The highest BCUT2D eigenvalue weighted by Gasteiger charge is 2.33. The molecule has 2 heterocycles. The van der Waals surface area contributed by atoms with Crippen molar-refractivity contribution >= 4 is 23.0 Å². The maximum Gasteiger partial charge on any atom is 0.241 e. The quantitative estimate of drug-likeness (QED) is 0.0606. The Morgan fingerprint density at radius 1 is 0.887 bits per heavy atom. The summed E-state index contributed by atoms with van der Waals surface area (Å²) in [4.78, 5) is 17.9. The van der Waals surface area contributed by atoms with Gasteiger partial charge in [0.1, 0.15) is 5.82 Å². The van der Waals surface area contributed by atoms with Crippen LogP contribution in [0.25, 0.3) is 0 Å². The molecule has 362 valence electrons. The van der Waals surface area contributed by atoms with E-state index in [0.29, 0.717) is 43.0 Å². The fraction of sp³-hybridized carbons (Fsp3) is 0.784. The normalized spacial score (nSPS) is 18.5. The number of carbonyl (C=O) groups excluding carboxylic acids is 1. The van der Waals surface area contributed by atoms with Crippen molar-refractivity contribution in [1.82, 2.24) is 20.6 Å². The number of imidazole rings is 1. The molecule has 0 radical (unpaired) electrons. The van der Waals surface area contributed by atoms with Crippen LogP contribution in [0.2, 0.25) is 0 Å². The molecule has 0 bridgehead atoms. The Morgan fingerprint density at radius 3 is 1.82 bits per heavy atom. The highest BCUT2D eigenvalue weighted by Crippen LogP contribution is 2.39. The largest absolute Gasteiger partial charge is 0.381 e. The van der Waals surface area contributed by atoms with Crippen LogP contribution < -0.4 is 10.6 Å². The number of allylic oxidation sites excluding steroid dienone is 3. The minimum absolute atomic E-state index is 0.0532. The highest BCUT2D eigenvalue weighted by molar-refractivity contribution is 6.44. The van der Waals surface area contributed by atoms with Crippen LogP contribution in [-0.2, 0) is 9.53 Å². The number of aryl methyl sites for hydroxylation is 1. The first-order chi connectivity index (χ1) is 29.2. The highest BCUT2D eigenvalue weighted by atomic mass is 19.3. The molecule has 1 aromatic rings. The van der Waals surface area contributed by atoms with E-state index in [1.165, 1.54) is 50.5 Å². The number of alkyl halides is 2. The van der Waals surface area contributed by atoms with Crippen LogP contribution in [0.5, 0.6) is 0 Å². The van der Waals surface area contributed by atoms with Crippen LogP contribution in [0.15, 0.2) is 29.6 Å². The summed E-state index contributed by atoms with van der Waals surface area (Å²) in [6, 6.07) is -0.169. The molecule has 0 spiro atoms. The second-order valence-electron chi connectivity index (χ2n) is 17.7. The van der Waals surface area contributed by atoms with Crippen molar-refractivity contribution in [3.63, 3.8) is 0 Å². The molecule has 9 nitrogen and oxygen atoms in total. The standard InChI is InChI=1S/C17H25F2N5.C9H20.C8H15N.C8H18O.C6H11NO.C3H8/c1-9(20)15(21)10(2)23-16(14-8-22-11(3)24-14)12-4-6-13(7-5-12)17(18)19;1-4-6-7-8-9(3)5-2;1-5-6(2)7(3)8(4)9;1-4-6-9-7-8(3)5-2;1-5-2-3-6(8)7-4-5;1-3-2/h8,12-13,16-17,20-21,23H,2,4-7H2,1,3H3,(H,22,24);9H,4-8H2,1-3H3;9H,5H2,1-4H3;8H,4-7H2,1-3H3;5H,2-4H2,1H3,(H,7,8);3H2,1-2H3/b;;7-6-,9-8?;;;. The molecule has 1 amide bonds. The third-order valence-electron chi connectivity index (χ3n) is 11.4. The molecule has 11 heteroatoms. The third kappa shape index (κ3) is 32.5. The number of unbranched alkanes of at least 4 members (excludes halogenated alkanes) is 2. The average molecular weight is 878 g/mol. The van der Waals surface area contributed by atoms with Crippen molar-refractivity contribution in [3.8, 4) is 0 Å². The van der Waals surface area contributed by atoms with Gasteiger partial charge in [-0.3, -0.25) is 10.2 Å². The fourth-order valence-corrected chi connectivity index (χ4v) is 6.20. The van der Waals surface area contributed by atoms with E-state index >= 15 is 0 Å². The number of piperidine rings is 1. The molecule has 62 heavy (non-hydrogen) atoms. The van der Waals surface area contributed by atoms with Crippen molar-refractivity contribution in [1.29, 1.82) is 16.2 Å². The molecule has 4 atom stereocenters. The molecule has 1 aliphatic carbocycles. The molecule has 4 unspecified atom stereocenters. The molecule has 0 aromatic carbocycles. The number of hydrogen-bond donors (Lipinski definition) is 6. The third-order valence-corrected chi connectivity index (χ3v) is 11.4. The van der Waals surface area contributed by atoms with Gasteiger partial charge in [0.05, 0.1) is 35.1 Å². The molecular formula is C51H97F2N7O2. The van der Waals surface area contributed by atoms with Gasteiger partial charge in [0.25, 0.3) is 0 Å². The fourth-order valence-electron chi connectivity index (χ4n) is 6.20. The van der Waals surface area contributed by atoms with Gasteiger partial charge in [0.2, 0.25) is 12.3 Å². The minimum Gasteiger partial charge on any atom is -0.381 e. The topological polar surface area (TPSA) is 151 Å². The van der Waals surface area contributed by atoms with Gasteiger partial charge >= 0.3 is 0 Å². The summed E-state index contributed by atoms with van der Waals surface area (Å²) >= 11 is 0. The van der Waals surface area contributed by atoms with Crippen molar-refractivity contribution in [2.24, 2.45) is 29.6 Å². The number of nitrogens with zero attached hydrogens (tertiary/aromatic N) is 1. The summed E-state index contributed by atoms with van der Waals surface area (Å²) in [6.07, 6.45) is 15.3. The van der Waals surface area contributed by atoms with E-state index in [1.54, 1.807) is 13.1 Å². The number of rotatable bonds is 19. The number of aromatic amines is 1. The average Bonchev–Trinajstić information content (AvgIpc) is 3.69. The van der Waals surface area contributed by atoms with Crippen LogP contribution in [0.1, 0.15) is 211 Å². The number of carbonyl (C=O) groups is 1. The molecule has 3 rings (SSSR count). The van der Waals surface area contributed by atoms with Crippen LogP contribution >= 0.6 is 0 Å². The van der Waals surface area contributed by atoms with Gasteiger partial charge in [0.15, 0.2) is 0 Å². The Morgan fingerprint density at radius 2 is 1.45 bits per heavy atom. The molecule has 1 saturated heterocycles. The summed E-state index contributed by atoms with van der Waals surface area (Å²) in [5.41, 5.74) is 4.57. The SMILES string of the molecule is C=C(NC(c1cnc(C)[nH]1)C1CCC(C(F)F)CC1)C(=N)C(C)=N.CC/C(C)=C(/C)C(C)=N.CC1CCC(=O)NC1.CCC.CCCCCC(C)CC.CCCOCC(C)CC. The number of H-pyrrole nitrogens is 1. The van der Waals surface area contributed by atoms with Crippen LogP contribution in [0.4, 0.5) is 8.78 Å². The second kappa shape index (κ2) is 39.4. The summed E-state index contributed by atoms with van der Waals surface area (Å²) in [5.74, 6) is 3.01. The summed E-state index contributed by atoms with van der Waals surface area (Å²) in [7, 11) is 0. The minimum atomic E-state index is -2.25. The van der Waals surface area contributed by atoms with E-state index in [-0.39, 0.29) is 29.3 Å². The molecule has 6 N–H and O–H groups in total. The maximum atomic E-state index is 12.9. The second-order valence-corrected chi connectivity index (χ2v) is 17.7. The molecule has 1 saturated carbocycles. The monoisotopic (exact) mass is 878 g/mol. The van der Waals surface area contributed by atoms with Gasteiger partial charge in [-0.2, -0.15) is 0 Å². The lowest BCUT2D eigenvalue weighted by atomic mass is 9.77. The lowest BCUT2D eigenvalue weighted by molar-refractivity contribution is -0.122. The van der Waals surface area contributed by atoms with E-state index in [9.17, 15) is 13.6 Å². The first-order valence-corrected chi connectivity index (χ1v) is 24.2. The van der Waals surface area contributed by atoms with Crippen molar-refractivity contribution in [2.45, 2.75) is 213 Å². The van der Waals surface area contributed by atoms with Crippen LogP contribution in [-0.4, -0.2) is 59.2 Å². The summed E-state index contributed by atoms with van der Waals surface area (Å²) in [6.45, 7) is 37.8. The first kappa shape index (κ1) is 63.1. The molecule has 1 aliphatic heterocycles. The Labute approximate surface area is 380 Å². The van der Waals surface area contributed by atoms with E-state index in [4.69, 9.17) is 21.0 Å². The van der Waals surface area contributed by atoms with Crippen LogP contribution in [0.3, 0.4) is 0 Å². The number of aromatic nitrogens is 2. The number of ether oxygens (including phenoxy) is 1. The number of hydrogen-bond acceptors (Lipinski definition) is 7. The number of nitrogens with one attached hydrogen (secondary N) is 6. The van der Waals surface area contributed by atoms with E-state index < -0.39 is 12.3 Å². The van der Waals surface area contributed by atoms with Gasteiger partial charge in [0, 0.05) is 37.8 Å². The van der Waals surface area contributed by atoms with E-state index in [0.717, 1.165) is 74.4 Å². The zero-order valence-corrected chi connectivity index (χ0v) is 42.6. The Bertz CT molecular complexity index is 1340. The first-order valence-electron chi connectivity index (χ1n) is 24.2. The Balaban J connectivity index is -0.000000763.